The maximum Gasteiger partial charge on any atom is 0.340 e. The number of anilines is 1. The second-order valence-corrected chi connectivity index (χ2v) is 10.5. The zero-order valence-electron chi connectivity index (χ0n) is 21.9. The van der Waals surface area contributed by atoms with Crippen molar-refractivity contribution in [2.24, 2.45) is 5.92 Å². The summed E-state index contributed by atoms with van der Waals surface area (Å²) >= 11 is 0. The van der Waals surface area contributed by atoms with Crippen molar-refractivity contribution in [3.63, 3.8) is 0 Å². The van der Waals surface area contributed by atoms with Crippen molar-refractivity contribution in [2.45, 2.75) is 32.2 Å². The van der Waals surface area contributed by atoms with Crippen LogP contribution in [-0.2, 0) is 17.8 Å². The lowest BCUT2D eigenvalue weighted by Gasteiger charge is -2.43. The molecule has 0 radical (unpaired) electrons. The van der Waals surface area contributed by atoms with Crippen molar-refractivity contribution in [3.05, 3.63) is 109 Å². The normalized spacial score (nSPS) is 17.9. The molecule has 0 unspecified atom stereocenters. The van der Waals surface area contributed by atoms with Crippen LogP contribution in [-0.4, -0.2) is 40.3 Å². The Morgan fingerprint density at radius 1 is 1.10 bits per heavy atom. The van der Waals surface area contributed by atoms with Crippen LogP contribution in [0.3, 0.4) is 0 Å². The molecule has 4 heterocycles. The van der Waals surface area contributed by atoms with Crippen LogP contribution in [0, 0.1) is 18.0 Å². The molecule has 10 nitrogen and oxygen atoms in total. The molecule has 2 aromatic heterocycles. The minimum Gasteiger partial charge on any atom is -0.733 e. The Bertz CT molecular complexity index is 1710. The quantitative estimate of drug-likeness (QED) is 0.289. The Morgan fingerprint density at radius 3 is 2.67 bits per heavy atom. The number of likely N-dealkylation sites (tertiary alicyclic amines) is 1. The minimum absolute atomic E-state index is 0.0462. The Balaban J connectivity index is 1.15. The van der Waals surface area contributed by atoms with E-state index in [1.54, 1.807) is 23.1 Å². The Morgan fingerprint density at radius 2 is 1.90 bits per heavy atom. The first-order valence-electron chi connectivity index (χ1n) is 13.2. The van der Waals surface area contributed by atoms with E-state index in [-0.39, 0.29) is 30.0 Å². The maximum absolute atomic E-state index is 13.1. The van der Waals surface area contributed by atoms with Gasteiger partial charge >= 0.3 is 5.63 Å². The fraction of sp³-hybridized carbons (Fsp3) is 0.300. The van der Waals surface area contributed by atoms with E-state index in [4.69, 9.17) is 9.15 Å². The van der Waals surface area contributed by atoms with Crippen molar-refractivity contribution in [3.8, 4) is 5.75 Å². The number of aromatic nitrogens is 1. The SMILES string of the molecule is Cc1c(Cc2ccccc2)c(=O)oc2cc(OCC(=O)N3C[C@@H]4C[C@@H](C3)c3ccc(N([O-])O)c(=O)n3C4)ccc12. The fourth-order valence-electron chi connectivity index (χ4n) is 5.99. The zero-order valence-corrected chi connectivity index (χ0v) is 21.9. The van der Waals surface area contributed by atoms with E-state index in [1.807, 2.05) is 43.3 Å². The molecule has 40 heavy (non-hydrogen) atoms. The number of fused-ring (bicyclic) bond motifs is 5. The standard InChI is InChI=1S/C30H28N3O7/c1-18-23-8-7-22(13-27(23)40-30(36)24(18)12-19-5-3-2-4-6-19)39-17-28(34)31-14-20-11-21(16-31)25-9-10-26(33(37)38)29(35)32(25)15-20/h2-10,13,20-21,37H,11-12,14-17H2,1H3/q-1/t20-,21-/m0/s1. The minimum atomic E-state index is -0.529. The summed E-state index contributed by atoms with van der Waals surface area (Å²) in [6, 6.07) is 18.0. The molecule has 1 amide bonds. The molecule has 2 aliphatic heterocycles. The van der Waals surface area contributed by atoms with Crippen molar-refractivity contribution in [1.29, 1.82) is 0 Å². The van der Waals surface area contributed by atoms with E-state index in [1.165, 1.54) is 10.6 Å². The lowest BCUT2D eigenvalue weighted by Crippen LogP contribution is -2.50. The number of ether oxygens (including phenoxy) is 1. The average Bonchev–Trinajstić information content (AvgIpc) is 2.94. The van der Waals surface area contributed by atoms with Crippen LogP contribution in [0.25, 0.3) is 11.0 Å². The molecule has 1 fully saturated rings. The zero-order chi connectivity index (χ0) is 28.0. The number of nitrogens with zero attached hydrogens (tertiary/aromatic N) is 3. The van der Waals surface area contributed by atoms with Gasteiger partial charge in [-0.2, -0.15) is 0 Å². The van der Waals surface area contributed by atoms with Crippen LogP contribution in [0.15, 0.2) is 74.7 Å². The Kier molecular flexibility index (Phi) is 6.65. The molecule has 0 aliphatic carbocycles. The maximum atomic E-state index is 13.1. The third-order valence-electron chi connectivity index (χ3n) is 7.99. The number of aryl methyl sites for hydroxylation is 1. The molecule has 6 rings (SSSR count). The van der Waals surface area contributed by atoms with Gasteiger partial charge in [-0.3, -0.25) is 14.8 Å². The monoisotopic (exact) mass is 542 g/mol. The Hall–Kier alpha value is -4.41. The first-order chi connectivity index (χ1) is 19.3. The van der Waals surface area contributed by atoms with Gasteiger partial charge in [0.15, 0.2) is 6.61 Å². The highest BCUT2D eigenvalue weighted by atomic mass is 16.8. The molecule has 2 aromatic carbocycles. The molecule has 0 spiro atoms. The highest BCUT2D eigenvalue weighted by molar-refractivity contribution is 5.83. The summed E-state index contributed by atoms with van der Waals surface area (Å²) in [5.74, 6) is 0.233. The summed E-state index contributed by atoms with van der Waals surface area (Å²) < 4.78 is 13.0. The third kappa shape index (κ3) is 4.76. The van der Waals surface area contributed by atoms with Gasteiger partial charge in [0.05, 0.1) is 0 Å². The van der Waals surface area contributed by atoms with E-state index < -0.39 is 16.4 Å². The van der Waals surface area contributed by atoms with Gasteiger partial charge in [-0.05, 0) is 54.7 Å². The van der Waals surface area contributed by atoms with Crippen LogP contribution in [0.4, 0.5) is 5.69 Å². The van der Waals surface area contributed by atoms with Gasteiger partial charge in [0, 0.05) is 54.7 Å². The number of carbonyl (C=O) groups is 1. The van der Waals surface area contributed by atoms with E-state index in [9.17, 15) is 24.8 Å². The molecule has 2 aliphatic rings. The van der Waals surface area contributed by atoms with Gasteiger partial charge in [-0.25, -0.2) is 4.79 Å². The van der Waals surface area contributed by atoms with Gasteiger partial charge in [-0.1, -0.05) is 30.3 Å². The number of hydrogen-bond acceptors (Lipinski definition) is 8. The summed E-state index contributed by atoms with van der Waals surface area (Å²) in [7, 11) is 0. The van der Waals surface area contributed by atoms with Crippen LogP contribution in [0.5, 0.6) is 5.75 Å². The van der Waals surface area contributed by atoms with Crippen LogP contribution < -0.4 is 21.1 Å². The second-order valence-electron chi connectivity index (χ2n) is 10.5. The molecule has 1 N–H and O–H groups in total. The highest BCUT2D eigenvalue weighted by Gasteiger charge is 2.36. The number of piperidine rings is 1. The van der Waals surface area contributed by atoms with Crippen LogP contribution >= 0.6 is 0 Å². The molecule has 10 heteroatoms. The third-order valence-corrected chi connectivity index (χ3v) is 7.99. The fourth-order valence-corrected chi connectivity index (χ4v) is 5.99. The highest BCUT2D eigenvalue weighted by Crippen LogP contribution is 2.35. The molecule has 206 valence electrons. The van der Waals surface area contributed by atoms with Gasteiger partial charge in [0.2, 0.25) is 0 Å². The summed E-state index contributed by atoms with van der Waals surface area (Å²) in [6.45, 7) is 2.98. The van der Waals surface area contributed by atoms with E-state index in [0.717, 1.165) is 28.6 Å². The van der Waals surface area contributed by atoms with E-state index in [0.29, 0.717) is 43.0 Å². The lowest BCUT2D eigenvalue weighted by atomic mass is 9.83. The smallest absolute Gasteiger partial charge is 0.340 e. The van der Waals surface area contributed by atoms with Crippen molar-refractivity contribution in [1.82, 2.24) is 9.47 Å². The molecule has 1 saturated heterocycles. The first-order valence-corrected chi connectivity index (χ1v) is 13.2. The van der Waals surface area contributed by atoms with Crippen LogP contribution in [0.1, 0.15) is 34.7 Å². The number of amides is 1. The van der Waals surface area contributed by atoms with Gasteiger partial charge in [0.25, 0.3) is 11.5 Å². The van der Waals surface area contributed by atoms with E-state index in [2.05, 4.69) is 0 Å². The molecule has 2 atom stereocenters. The lowest BCUT2D eigenvalue weighted by molar-refractivity contribution is -0.136. The van der Waals surface area contributed by atoms with Gasteiger partial charge in [0.1, 0.15) is 17.0 Å². The van der Waals surface area contributed by atoms with Gasteiger partial charge < -0.3 is 29.1 Å². The number of carbonyl (C=O) groups excluding carboxylic acids is 1. The Labute approximate surface area is 229 Å². The first kappa shape index (κ1) is 25.8. The van der Waals surface area contributed by atoms with Crippen LogP contribution in [0.2, 0.25) is 0 Å². The van der Waals surface area contributed by atoms with Crippen molar-refractivity contribution >= 4 is 22.6 Å². The topological polar surface area (TPSA) is 128 Å². The molecular formula is C30H28N3O7-. The van der Waals surface area contributed by atoms with Gasteiger partial charge in [-0.15, -0.1) is 0 Å². The predicted octanol–water partition coefficient (Wildman–Crippen LogP) is 3.57. The van der Waals surface area contributed by atoms with E-state index >= 15 is 0 Å². The molecular weight excluding hydrogens is 514 g/mol. The number of pyridine rings is 1. The predicted molar refractivity (Wildman–Crippen MR) is 148 cm³/mol. The molecule has 2 bridgehead atoms. The number of hydrogen-bond donors (Lipinski definition) is 1. The molecule has 0 saturated carbocycles. The van der Waals surface area contributed by atoms with Crippen molar-refractivity contribution < 1.29 is 19.2 Å². The summed E-state index contributed by atoms with van der Waals surface area (Å²) in [4.78, 5) is 40.2. The largest absolute Gasteiger partial charge is 0.733 e. The molecule has 4 aromatic rings. The summed E-state index contributed by atoms with van der Waals surface area (Å²) in [5, 5.41) is 20.9. The summed E-state index contributed by atoms with van der Waals surface area (Å²) in [5.41, 5.74) is 2.39. The average molecular weight is 543 g/mol. The second kappa shape index (κ2) is 10.3. The number of rotatable bonds is 6. The summed E-state index contributed by atoms with van der Waals surface area (Å²) in [6.07, 6.45) is 1.31. The van der Waals surface area contributed by atoms with Crippen molar-refractivity contribution in [2.75, 3.05) is 24.9 Å². The number of benzene rings is 2.